The zero-order chi connectivity index (χ0) is 19.4. The molecule has 0 saturated heterocycles. The van der Waals surface area contributed by atoms with Gasteiger partial charge in [-0.25, -0.2) is 0 Å². The van der Waals surface area contributed by atoms with E-state index in [-0.39, 0.29) is 5.92 Å². The summed E-state index contributed by atoms with van der Waals surface area (Å²) in [6.45, 7) is 0. The van der Waals surface area contributed by atoms with Gasteiger partial charge >= 0.3 is 0 Å². The number of ether oxygens (including phenoxy) is 1. The summed E-state index contributed by atoms with van der Waals surface area (Å²) in [5, 5.41) is 13.0. The summed E-state index contributed by atoms with van der Waals surface area (Å²) in [5.74, 6) is 0.545. The molecule has 3 rings (SSSR count). The topological polar surface area (TPSA) is 29.5 Å². The van der Waals surface area contributed by atoms with Crippen molar-refractivity contribution in [3.63, 3.8) is 0 Å². The highest BCUT2D eigenvalue weighted by atomic mass is 35.5. The van der Waals surface area contributed by atoms with Crippen LogP contribution in [0.3, 0.4) is 0 Å². The van der Waals surface area contributed by atoms with Gasteiger partial charge in [-0.15, -0.1) is 0 Å². The van der Waals surface area contributed by atoms with E-state index >= 15 is 0 Å². The van der Waals surface area contributed by atoms with Gasteiger partial charge in [0.15, 0.2) is 0 Å². The molecule has 2 atom stereocenters. The van der Waals surface area contributed by atoms with E-state index in [1.54, 1.807) is 19.2 Å². The summed E-state index contributed by atoms with van der Waals surface area (Å²) in [5.41, 5.74) is 2.71. The molecule has 0 saturated carbocycles. The fraction of sp³-hybridized carbons (Fsp3) is 0.182. The van der Waals surface area contributed by atoms with Crippen LogP contribution in [0.2, 0.25) is 15.1 Å². The van der Waals surface area contributed by atoms with Crippen LogP contribution in [-0.4, -0.2) is 12.2 Å². The molecule has 2 nitrogen and oxygen atoms in total. The molecule has 27 heavy (non-hydrogen) atoms. The molecule has 0 aromatic heterocycles. The average Bonchev–Trinajstić information content (AvgIpc) is 2.68. The molecule has 1 N–H and O–H groups in total. The van der Waals surface area contributed by atoms with Gasteiger partial charge in [-0.2, -0.15) is 0 Å². The first-order chi connectivity index (χ1) is 13.0. The minimum atomic E-state index is -0.719. The Hall–Kier alpha value is -1.71. The Bertz CT molecular complexity index is 892. The van der Waals surface area contributed by atoms with Crippen molar-refractivity contribution >= 4 is 34.8 Å². The first-order valence-electron chi connectivity index (χ1n) is 8.49. The highest BCUT2D eigenvalue weighted by Crippen LogP contribution is 2.37. The Morgan fingerprint density at radius 2 is 1.41 bits per heavy atom. The summed E-state index contributed by atoms with van der Waals surface area (Å²) in [4.78, 5) is 0. The largest absolute Gasteiger partial charge is 0.497 e. The van der Waals surface area contributed by atoms with Crippen LogP contribution < -0.4 is 4.74 Å². The molecule has 0 aliphatic heterocycles. The lowest BCUT2D eigenvalue weighted by atomic mass is 9.84. The lowest BCUT2D eigenvalue weighted by molar-refractivity contribution is 0.144. The van der Waals surface area contributed by atoms with Crippen LogP contribution in [-0.2, 0) is 6.42 Å². The van der Waals surface area contributed by atoms with E-state index in [0.29, 0.717) is 21.5 Å². The van der Waals surface area contributed by atoms with E-state index in [1.807, 2.05) is 54.6 Å². The number of halogens is 3. The maximum Gasteiger partial charge on any atom is 0.118 e. The summed E-state index contributed by atoms with van der Waals surface area (Å²) in [6, 6.07) is 20.4. The Balaban J connectivity index is 1.96. The molecule has 0 fully saturated rings. The molecular weight excluding hydrogens is 403 g/mol. The Morgan fingerprint density at radius 3 is 2.00 bits per heavy atom. The van der Waals surface area contributed by atoms with Crippen LogP contribution in [0.4, 0.5) is 0 Å². The molecule has 3 aromatic rings. The Morgan fingerprint density at radius 1 is 0.815 bits per heavy atom. The minimum absolute atomic E-state index is 0.200. The molecule has 0 amide bonds. The SMILES string of the molecule is COc1ccc(C(O)C(Cc2ccc(Cl)cc2Cl)c2ccc(Cl)cc2)cc1. The number of aliphatic hydroxyl groups excluding tert-OH is 1. The van der Waals surface area contributed by atoms with Crippen molar-refractivity contribution in [2.24, 2.45) is 0 Å². The number of hydrogen-bond donors (Lipinski definition) is 1. The summed E-state index contributed by atoms with van der Waals surface area (Å²) in [7, 11) is 1.62. The van der Waals surface area contributed by atoms with Crippen LogP contribution in [0.1, 0.15) is 28.7 Å². The van der Waals surface area contributed by atoms with E-state index in [2.05, 4.69) is 0 Å². The molecular formula is C22H19Cl3O2. The average molecular weight is 422 g/mol. The third-order valence-corrected chi connectivity index (χ3v) is 5.43. The second-order valence-electron chi connectivity index (χ2n) is 6.32. The predicted octanol–water partition coefficient (Wildman–Crippen LogP) is 6.72. The van der Waals surface area contributed by atoms with E-state index in [4.69, 9.17) is 39.5 Å². The van der Waals surface area contributed by atoms with Crippen molar-refractivity contribution in [3.8, 4) is 5.75 Å². The molecule has 0 aliphatic rings. The molecule has 140 valence electrons. The second kappa shape index (κ2) is 8.99. The summed E-state index contributed by atoms with van der Waals surface area (Å²) >= 11 is 18.4. The summed E-state index contributed by atoms with van der Waals surface area (Å²) < 4.78 is 5.20. The Labute approximate surface area is 174 Å². The first kappa shape index (κ1) is 20.0. The highest BCUT2D eigenvalue weighted by molar-refractivity contribution is 6.35. The molecule has 0 aliphatic carbocycles. The minimum Gasteiger partial charge on any atom is -0.497 e. The fourth-order valence-electron chi connectivity index (χ4n) is 3.08. The van der Waals surface area contributed by atoms with Crippen molar-refractivity contribution in [1.29, 1.82) is 0 Å². The lowest BCUT2D eigenvalue weighted by Gasteiger charge is -2.25. The van der Waals surface area contributed by atoms with Crippen molar-refractivity contribution in [1.82, 2.24) is 0 Å². The van der Waals surface area contributed by atoms with Gasteiger partial charge in [-0.1, -0.05) is 65.1 Å². The van der Waals surface area contributed by atoms with Crippen molar-refractivity contribution in [3.05, 3.63) is 98.5 Å². The monoisotopic (exact) mass is 420 g/mol. The van der Waals surface area contributed by atoms with Crippen LogP contribution in [0.15, 0.2) is 66.7 Å². The number of hydrogen-bond acceptors (Lipinski definition) is 2. The zero-order valence-electron chi connectivity index (χ0n) is 14.7. The summed E-state index contributed by atoms with van der Waals surface area (Å²) in [6.07, 6.45) is -0.158. The van der Waals surface area contributed by atoms with Crippen molar-refractivity contribution < 1.29 is 9.84 Å². The number of rotatable bonds is 6. The normalized spacial score (nSPS) is 13.2. The van der Waals surface area contributed by atoms with Crippen LogP contribution in [0, 0.1) is 0 Å². The van der Waals surface area contributed by atoms with Gasteiger partial charge < -0.3 is 9.84 Å². The fourth-order valence-corrected chi connectivity index (χ4v) is 3.69. The molecule has 0 spiro atoms. The quantitative estimate of drug-likeness (QED) is 0.479. The van der Waals surface area contributed by atoms with E-state index in [1.165, 1.54) is 0 Å². The molecule has 5 heteroatoms. The molecule has 0 heterocycles. The second-order valence-corrected chi connectivity index (χ2v) is 7.60. The third-order valence-electron chi connectivity index (χ3n) is 4.59. The van der Waals surface area contributed by atoms with Crippen molar-refractivity contribution in [2.75, 3.05) is 7.11 Å². The highest BCUT2D eigenvalue weighted by Gasteiger charge is 2.24. The van der Waals surface area contributed by atoms with E-state index < -0.39 is 6.10 Å². The number of methoxy groups -OCH3 is 1. The van der Waals surface area contributed by atoms with Crippen LogP contribution in [0.5, 0.6) is 5.75 Å². The molecule has 0 radical (unpaired) electrons. The van der Waals surface area contributed by atoms with Gasteiger partial charge in [-0.05, 0) is 59.5 Å². The van der Waals surface area contributed by atoms with E-state index in [9.17, 15) is 5.11 Å². The van der Waals surface area contributed by atoms with Gasteiger partial charge in [0.2, 0.25) is 0 Å². The molecule has 0 bridgehead atoms. The first-order valence-corrected chi connectivity index (χ1v) is 9.62. The van der Waals surface area contributed by atoms with Gasteiger partial charge in [-0.3, -0.25) is 0 Å². The number of aliphatic hydroxyl groups is 1. The van der Waals surface area contributed by atoms with Gasteiger partial charge in [0.05, 0.1) is 13.2 Å². The van der Waals surface area contributed by atoms with Crippen LogP contribution >= 0.6 is 34.8 Å². The maximum atomic E-state index is 11.1. The van der Waals surface area contributed by atoms with Crippen LogP contribution in [0.25, 0.3) is 0 Å². The third kappa shape index (κ3) is 4.97. The molecule has 2 unspecified atom stereocenters. The standard InChI is InChI=1S/C22H19Cl3O2/c1-27-19-10-5-15(6-11-19)22(26)20(14-2-7-17(23)8-3-14)12-16-4-9-18(24)13-21(16)25/h2-11,13,20,22,26H,12H2,1H3. The van der Waals surface area contributed by atoms with E-state index in [0.717, 1.165) is 22.4 Å². The maximum absolute atomic E-state index is 11.1. The smallest absolute Gasteiger partial charge is 0.118 e. The Kier molecular flexibility index (Phi) is 6.67. The van der Waals surface area contributed by atoms with Gasteiger partial charge in [0, 0.05) is 21.0 Å². The van der Waals surface area contributed by atoms with Gasteiger partial charge in [0.1, 0.15) is 5.75 Å². The zero-order valence-corrected chi connectivity index (χ0v) is 17.0. The lowest BCUT2D eigenvalue weighted by Crippen LogP contribution is -2.14. The number of benzene rings is 3. The molecule has 3 aromatic carbocycles. The van der Waals surface area contributed by atoms with Gasteiger partial charge in [0.25, 0.3) is 0 Å². The predicted molar refractivity (Wildman–Crippen MR) is 112 cm³/mol. The van der Waals surface area contributed by atoms with Crippen molar-refractivity contribution in [2.45, 2.75) is 18.4 Å².